The van der Waals surface area contributed by atoms with E-state index in [9.17, 15) is 14.9 Å². The molecule has 0 spiro atoms. The normalized spacial score (nSPS) is 16.8. The predicted octanol–water partition coefficient (Wildman–Crippen LogP) is 6.02. The summed E-state index contributed by atoms with van der Waals surface area (Å²) < 4.78 is 0. The number of thioether (sulfide) groups is 1. The summed E-state index contributed by atoms with van der Waals surface area (Å²) >= 11 is 7.18. The van der Waals surface area contributed by atoms with E-state index in [1.54, 1.807) is 24.3 Å². The van der Waals surface area contributed by atoms with Crippen molar-refractivity contribution in [3.8, 4) is 6.07 Å². The highest BCUT2D eigenvalue weighted by atomic mass is 35.5. The molecule has 1 atom stereocenters. The Morgan fingerprint density at radius 1 is 1.00 bits per heavy atom. The zero-order chi connectivity index (χ0) is 24.2. The van der Waals surface area contributed by atoms with E-state index in [2.05, 4.69) is 5.32 Å². The van der Waals surface area contributed by atoms with Crippen molar-refractivity contribution in [3.05, 3.63) is 105 Å². The molecule has 34 heavy (non-hydrogen) atoms. The zero-order valence-corrected chi connectivity index (χ0v) is 20.3. The first-order valence-electron chi connectivity index (χ1n) is 10.7. The van der Waals surface area contributed by atoms with E-state index in [0.29, 0.717) is 27.8 Å². The maximum absolute atomic E-state index is 13.5. The molecule has 1 aliphatic heterocycles. The van der Waals surface area contributed by atoms with E-state index in [1.165, 1.54) is 16.7 Å². The van der Waals surface area contributed by atoms with Crippen molar-refractivity contribution in [2.24, 2.45) is 0 Å². The minimum atomic E-state index is -0.576. The molecular formula is C27H22ClN3O2S. The van der Waals surface area contributed by atoms with Crippen LogP contribution in [0, 0.1) is 25.2 Å². The lowest BCUT2D eigenvalue weighted by Crippen LogP contribution is -2.30. The molecule has 0 saturated carbocycles. The predicted molar refractivity (Wildman–Crippen MR) is 138 cm³/mol. The maximum Gasteiger partial charge on any atom is 0.269 e. The van der Waals surface area contributed by atoms with Gasteiger partial charge < -0.3 is 5.32 Å². The molecule has 3 aromatic carbocycles. The highest BCUT2D eigenvalue weighted by Crippen LogP contribution is 2.42. The lowest BCUT2D eigenvalue weighted by molar-refractivity contribution is -0.117. The van der Waals surface area contributed by atoms with Gasteiger partial charge in [0.1, 0.15) is 16.7 Å². The number of nitriles is 1. The number of hydrogen-bond acceptors (Lipinski definition) is 4. The highest BCUT2D eigenvalue weighted by molar-refractivity contribution is 8.05. The Balaban J connectivity index is 1.71. The van der Waals surface area contributed by atoms with Gasteiger partial charge in [-0.25, -0.2) is 0 Å². The average Bonchev–Trinajstić information content (AvgIpc) is 3.13. The van der Waals surface area contributed by atoms with Gasteiger partial charge in [-0.2, -0.15) is 5.26 Å². The van der Waals surface area contributed by atoms with Crippen molar-refractivity contribution >= 4 is 46.6 Å². The van der Waals surface area contributed by atoms with Crippen LogP contribution in [-0.4, -0.2) is 17.1 Å². The van der Waals surface area contributed by atoms with Crippen molar-refractivity contribution in [2.45, 2.75) is 25.5 Å². The number of nitrogens with one attached hydrogen (secondary N) is 1. The topological polar surface area (TPSA) is 73.2 Å². The van der Waals surface area contributed by atoms with Gasteiger partial charge in [-0.15, -0.1) is 0 Å². The van der Waals surface area contributed by atoms with Gasteiger partial charge in [-0.05, 0) is 62.2 Å². The van der Waals surface area contributed by atoms with Gasteiger partial charge in [0.05, 0.1) is 5.25 Å². The molecule has 5 nitrogen and oxygen atoms in total. The molecule has 7 heteroatoms. The van der Waals surface area contributed by atoms with Crippen LogP contribution in [0.15, 0.2) is 83.4 Å². The van der Waals surface area contributed by atoms with Crippen LogP contribution in [0.3, 0.4) is 0 Å². The van der Waals surface area contributed by atoms with Crippen LogP contribution in [0.1, 0.15) is 16.7 Å². The summed E-state index contributed by atoms with van der Waals surface area (Å²) in [5.41, 5.74) is 4.23. The number of hydrogen-bond donors (Lipinski definition) is 1. The summed E-state index contributed by atoms with van der Waals surface area (Å²) in [6, 6.07) is 24.1. The molecule has 170 valence electrons. The van der Waals surface area contributed by atoms with Gasteiger partial charge in [-0.1, -0.05) is 70.9 Å². The summed E-state index contributed by atoms with van der Waals surface area (Å²) in [5, 5.41) is 13.1. The van der Waals surface area contributed by atoms with Crippen LogP contribution < -0.4 is 10.2 Å². The fraction of sp³-hybridized carbons (Fsp3) is 0.148. The summed E-state index contributed by atoms with van der Waals surface area (Å²) in [5.74, 6) is -0.732. The number of nitrogens with zero attached hydrogens (tertiary/aromatic N) is 2. The molecule has 1 aliphatic rings. The van der Waals surface area contributed by atoms with Crippen LogP contribution >= 0.6 is 23.4 Å². The SMILES string of the molecule is Cc1ccc(C[C@H]2S/C(=C(/C#N)C(=O)Nc3ccc(Cl)cc3)N(c3ccc(C)cc3)C2=O)cc1. The number of benzene rings is 3. The van der Waals surface area contributed by atoms with Crippen molar-refractivity contribution in [2.75, 3.05) is 10.2 Å². The van der Waals surface area contributed by atoms with Crippen LogP contribution in [0.2, 0.25) is 5.02 Å². The molecule has 0 unspecified atom stereocenters. The molecule has 3 aromatic rings. The third kappa shape index (κ3) is 5.17. The third-order valence-corrected chi connectivity index (χ3v) is 6.96. The summed E-state index contributed by atoms with van der Waals surface area (Å²) in [4.78, 5) is 28.1. The quantitative estimate of drug-likeness (QED) is 0.352. The monoisotopic (exact) mass is 487 g/mol. The van der Waals surface area contributed by atoms with E-state index in [1.807, 2.05) is 68.4 Å². The first-order valence-corrected chi connectivity index (χ1v) is 12.0. The van der Waals surface area contributed by atoms with Crippen LogP contribution in [-0.2, 0) is 16.0 Å². The second-order valence-electron chi connectivity index (χ2n) is 8.06. The first-order chi connectivity index (χ1) is 16.4. The first kappa shape index (κ1) is 23.6. The Morgan fingerprint density at radius 2 is 1.59 bits per heavy atom. The Hall–Kier alpha value is -3.53. The Labute approximate surface area is 208 Å². The number of anilines is 2. The van der Waals surface area contributed by atoms with Gasteiger partial charge in [0, 0.05) is 16.4 Å². The lowest BCUT2D eigenvalue weighted by atomic mass is 10.1. The largest absolute Gasteiger partial charge is 0.321 e. The number of carbonyl (C=O) groups is 2. The van der Waals surface area contributed by atoms with Crippen LogP contribution in [0.5, 0.6) is 0 Å². The van der Waals surface area contributed by atoms with E-state index in [0.717, 1.165) is 16.7 Å². The number of carbonyl (C=O) groups excluding carboxylic acids is 2. The molecule has 0 aliphatic carbocycles. The van der Waals surface area contributed by atoms with E-state index >= 15 is 0 Å². The molecule has 0 radical (unpaired) electrons. The van der Waals surface area contributed by atoms with E-state index < -0.39 is 11.2 Å². The van der Waals surface area contributed by atoms with Crippen molar-refractivity contribution < 1.29 is 9.59 Å². The Morgan fingerprint density at radius 3 is 2.18 bits per heavy atom. The molecular weight excluding hydrogens is 466 g/mol. The smallest absolute Gasteiger partial charge is 0.269 e. The molecule has 0 bridgehead atoms. The minimum Gasteiger partial charge on any atom is -0.321 e. The minimum absolute atomic E-state index is 0.111. The van der Waals surface area contributed by atoms with Crippen molar-refractivity contribution in [1.82, 2.24) is 0 Å². The van der Waals surface area contributed by atoms with Crippen LogP contribution in [0.25, 0.3) is 0 Å². The molecule has 1 saturated heterocycles. The molecule has 0 aromatic heterocycles. The molecule has 4 rings (SSSR count). The molecule has 1 fully saturated rings. The number of halogens is 1. The standard InChI is InChI=1S/C27H22ClN3O2S/c1-17-3-7-19(8-4-17)15-24-26(33)31(22-13-5-18(2)6-14-22)27(34-24)23(16-29)25(32)30-21-11-9-20(28)10-12-21/h3-14,24H,15H2,1-2H3,(H,30,32)/b27-23-/t24-/m1/s1. The molecule has 1 N–H and O–H groups in total. The molecule has 1 heterocycles. The lowest BCUT2D eigenvalue weighted by Gasteiger charge is -2.19. The maximum atomic E-state index is 13.5. The average molecular weight is 488 g/mol. The highest BCUT2D eigenvalue weighted by Gasteiger charge is 2.40. The number of amides is 2. The van der Waals surface area contributed by atoms with Gasteiger partial charge in [0.2, 0.25) is 5.91 Å². The van der Waals surface area contributed by atoms with Gasteiger partial charge in [-0.3, -0.25) is 14.5 Å². The third-order valence-electron chi connectivity index (χ3n) is 5.44. The number of aryl methyl sites for hydroxylation is 2. The summed E-state index contributed by atoms with van der Waals surface area (Å²) in [6.45, 7) is 3.97. The fourth-order valence-corrected chi connectivity index (χ4v) is 5.02. The van der Waals surface area contributed by atoms with E-state index in [-0.39, 0.29) is 11.5 Å². The second kappa shape index (κ2) is 10.2. The zero-order valence-electron chi connectivity index (χ0n) is 18.7. The van der Waals surface area contributed by atoms with Crippen molar-refractivity contribution in [1.29, 1.82) is 5.26 Å². The summed E-state index contributed by atoms with van der Waals surface area (Å²) in [7, 11) is 0. The van der Waals surface area contributed by atoms with Gasteiger partial charge in [0.25, 0.3) is 5.91 Å². The Kier molecular flexibility index (Phi) is 7.06. The summed E-state index contributed by atoms with van der Waals surface area (Å²) in [6.07, 6.45) is 0.493. The van der Waals surface area contributed by atoms with Gasteiger partial charge >= 0.3 is 0 Å². The van der Waals surface area contributed by atoms with Gasteiger partial charge in [0.15, 0.2) is 0 Å². The fourth-order valence-electron chi connectivity index (χ4n) is 3.58. The number of rotatable bonds is 5. The van der Waals surface area contributed by atoms with Crippen molar-refractivity contribution in [3.63, 3.8) is 0 Å². The second-order valence-corrected chi connectivity index (χ2v) is 9.69. The molecule has 2 amide bonds. The Bertz CT molecular complexity index is 1290. The van der Waals surface area contributed by atoms with E-state index in [4.69, 9.17) is 11.6 Å². The van der Waals surface area contributed by atoms with Crippen LogP contribution in [0.4, 0.5) is 11.4 Å².